The second-order valence-electron chi connectivity index (χ2n) is 5.06. The lowest BCUT2D eigenvalue weighted by atomic mass is 10.1. The minimum absolute atomic E-state index is 0.514. The first-order chi connectivity index (χ1) is 10.5. The van der Waals surface area contributed by atoms with Crippen molar-refractivity contribution in [3.63, 3.8) is 0 Å². The van der Waals surface area contributed by atoms with Crippen LogP contribution in [0.2, 0.25) is 0 Å². The molecule has 0 heterocycles. The lowest BCUT2D eigenvalue weighted by molar-refractivity contribution is 0.395. The van der Waals surface area contributed by atoms with E-state index in [1.165, 1.54) is 11.1 Å². The van der Waals surface area contributed by atoms with E-state index in [0.29, 0.717) is 16.6 Å². The summed E-state index contributed by atoms with van der Waals surface area (Å²) >= 11 is 5.36. The summed E-state index contributed by atoms with van der Waals surface area (Å²) in [6.07, 6.45) is 0. The molecule has 2 aromatic rings. The van der Waals surface area contributed by atoms with Crippen molar-refractivity contribution in [2.24, 2.45) is 0 Å². The van der Waals surface area contributed by atoms with Crippen LogP contribution in [0.25, 0.3) is 0 Å². The molecule has 0 saturated carbocycles. The number of benzene rings is 2. The van der Waals surface area contributed by atoms with Gasteiger partial charge in [0.15, 0.2) is 5.11 Å². The Morgan fingerprint density at radius 1 is 0.773 bits per heavy atom. The van der Waals surface area contributed by atoms with Crippen LogP contribution in [0.15, 0.2) is 36.4 Å². The van der Waals surface area contributed by atoms with Gasteiger partial charge in [-0.15, -0.1) is 0 Å². The van der Waals surface area contributed by atoms with Crippen LogP contribution in [0, 0.1) is 13.8 Å². The molecule has 0 radical (unpaired) electrons. The SMILES string of the molecule is COc1cc(NC(=S)Nc2cc(C)cc(C)c2)cc(OC)c1. The summed E-state index contributed by atoms with van der Waals surface area (Å²) < 4.78 is 10.5. The number of aryl methyl sites for hydroxylation is 2. The standard InChI is InChI=1S/C17H20N2O2S/c1-11-5-12(2)7-13(6-11)18-17(22)19-14-8-15(20-3)10-16(9-14)21-4/h5-10H,1-4H3,(H2,18,19,22). The Labute approximate surface area is 136 Å². The van der Waals surface area contributed by atoms with E-state index in [1.54, 1.807) is 14.2 Å². The number of hydrogen-bond acceptors (Lipinski definition) is 3. The van der Waals surface area contributed by atoms with E-state index in [1.807, 2.05) is 30.3 Å². The molecule has 2 aromatic carbocycles. The van der Waals surface area contributed by atoms with E-state index >= 15 is 0 Å². The average Bonchev–Trinajstić information content (AvgIpc) is 2.45. The Hall–Kier alpha value is -2.27. The van der Waals surface area contributed by atoms with Crippen molar-refractivity contribution in [2.45, 2.75) is 13.8 Å². The van der Waals surface area contributed by atoms with Crippen LogP contribution in [-0.4, -0.2) is 19.3 Å². The summed E-state index contributed by atoms with van der Waals surface area (Å²) in [6, 6.07) is 11.7. The summed E-state index contributed by atoms with van der Waals surface area (Å²) in [5, 5.41) is 6.84. The minimum atomic E-state index is 0.514. The first kappa shape index (κ1) is 16.1. The van der Waals surface area contributed by atoms with Gasteiger partial charge >= 0.3 is 0 Å². The molecule has 0 aliphatic carbocycles. The van der Waals surface area contributed by atoms with Crippen molar-refractivity contribution < 1.29 is 9.47 Å². The molecule has 0 aromatic heterocycles. The largest absolute Gasteiger partial charge is 0.497 e. The summed E-state index contributed by atoms with van der Waals surface area (Å²) in [7, 11) is 3.23. The van der Waals surface area contributed by atoms with Crippen molar-refractivity contribution in [1.82, 2.24) is 0 Å². The van der Waals surface area contributed by atoms with Gasteiger partial charge in [0.05, 0.1) is 14.2 Å². The summed E-state index contributed by atoms with van der Waals surface area (Å²) in [4.78, 5) is 0. The van der Waals surface area contributed by atoms with E-state index < -0.39 is 0 Å². The van der Waals surface area contributed by atoms with Crippen molar-refractivity contribution in [3.05, 3.63) is 47.5 Å². The van der Waals surface area contributed by atoms with E-state index in [-0.39, 0.29) is 0 Å². The third-order valence-corrected chi connectivity index (χ3v) is 3.29. The van der Waals surface area contributed by atoms with Gasteiger partial charge in [-0.05, 0) is 49.3 Å². The molecule has 4 nitrogen and oxygen atoms in total. The Bertz CT molecular complexity index is 644. The predicted molar refractivity (Wildman–Crippen MR) is 95.3 cm³/mol. The molecule has 0 atom stereocenters. The lowest BCUT2D eigenvalue weighted by Crippen LogP contribution is -2.19. The Morgan fingerprint density at radius 2 is 1.23 bits per heavy atom. The fourth-order valence-corrected chi connectivity index (χ4v) is 2.46. The zero-order valence-corrected chi connectivity index (χ0v) is 14.0. The number of nitrogens with one attached hydrogen (secondary N) is 2. The molecule has 116 valence electrons. The summed E-state index contributed by atoms with van der Waals surface area (Å²) in [6.45, 7) is 4.11. The second-order valence-corrected chi connectivity index (χ2v) is 5.47. The highest BCUT2D eigenvalue weighted by molar-refractivity contribution is 7.80. The zero-order valence-electron chi connectivity index (χ0n) is 13.2. The fourth-order valence-electron chi connectivity index (χ4n) is 2.22. The first-order valence-corrected chi connectivity index (χ1v) is 7.30. The molecule has 2 rings (SSSR count). The third kappa shape index (κ3) is 4.36. The van der Waals surface area contributed by atoms with E-state index in [4.69, 9.17) is 21.7 Å². The summed E-state index contributed by atoms with van der Waals surface area (Å²) in [5.74, 6) is 1.41. The molecule has 0 bridgehead atoms. The van der Waals surface area contributed by atoms with Gasteiger partial charge in [0, 0.05) is 29.6 Å². The number of methoxy groups -OCH3 is 2. The monoisotopic (exact) mass is 316 g/mol. The smallest absolute Gasteiger partial charge is 0.175 e. The average molecular weight is 316 g/mol. The minimum Gasteiger partial charge on any atom is -0.497 e. The van der Waals surface area contributed by atoms with Gasteiger partial charge in [0.25, 0.3) is 0 Å². The maximum Gasteiger partial charge on any atom is 0.175 e. The van der Waals surface area contributed by atoms with Crippen molar-refractivity contribution in [1.29, 1.82) is 0 Å². The highest BCUT2D eigenvalue weighted by Crippen LogP contribution is 2.26. The van der Waals surface area contributed by atoms with Gasteiger partial charge in [-0.1, -0.05) is 6.07 Å². The Kier molecular flexibility index (Phi) is 5.22. The molecule has 2 N–H and O–H groups in total. The van der Waals surface area contributed by atoms with Crippen LogP contribution in [-0.2, 0) is 0 Å². The predicted octanol–water partition coefficient (Wildman–Crippen LogP) is 4.13. The maximum atomic E-state index is 5.36. The number of rotatable bonds is 4. The first-order valence-electron chi connectivity index (χ1n) is 6.89. The second kappa shape index (κ2) is 7.13. The van der Waals surface area contributed by atoms with Crippen molar-refractivity contribution >= 4 is 28.7 Å². The number of hydrogen-bond donors (Lipinski definition) is 2. The van der Waals surface area contributed by atoms with Crippen molar-refractivity contribution in [2.75, 3.05) is 24.9 Å². The van der Waals surface area contributed by atoms with Gasteiger partial charge in [-0.2, -0.15) is 0 Å². The van der Waals surface area contributed by atoms with Crippen LogP contribution in [0.4, 0.5) is 11.4 Å². The topological polar surface area (TPSA) is 42.5 Å². The van der Waals surface area contributed by atoms with Crippen molar-refractivity contribution in [3.8, 4) is 11.5 Å². The van der Waals surface area contributed by atoms with Gasteiger partial charge < -0.3 is 20.1 Å². The van der Waals surface area contributed by atoms with Crippen LogP contribution in [0.5, 0.6) is 11.5 Å². The molecule has 5 heteroatoms. The van der Waals surface area contributed by atoms with Crippen LogP contribution in [0.3, 0.4) is 0 Å². The molecule has 0 amide bonds. The maximum absolute atomic E-state index is 5.36. The molecule has 0 unspecified atom stereocenters. The molecular formula is C17H20N2O2S. The molecule has 0 fully saturated rings. The molecule has 0 aliphatic heterocycles. The summed E-state index contributed by atoms with van der Waals surface area (Å²) in [5.41, 5.74) is 4.14. The van der Waals surface area contributed by atoms with Crippen LogP contribution in [0.1, 0.15) is 11.1 Å². The Morgan fingerprint density at radius 3 is 1.68 bits per heavy atom. The van der Waals surface area contributed by atoms with E-state index in [0.717, 1.165) is 11.4 Å². The molecule has 0 aliphatic rings. The van der Waals surface area contributed by atoms with Gasteiger partial charge in [0.2, 0.25) is 0 Å². The van der Waals surface area contributed by atoms with E-state index in [9.17, 15) is 0 Å². The highest BCUT2D eigenvalue weighted by Gasteiger charge is 2.05. The van der Waals surface area contributed by atoms with Gasteiger partial charge in [-0.25, -0.2) is 0 Å². The molecule has 0 spiro atoms. The molecular weight excluding hydrogens is 296 g/mol. The third-order valence-electron chi connectivity index (χ3n) is 3.09. The quantitative estimate of drug-likeness (QED) is 0.830. The lowest BCUT2D eigenvalue weighted by Gasteiger charge is -2.13. The van der Waals surface area contributed by atoms with E-state index in [2.05, 4.69) is 30.5 Å². The molecule has 22 heavy (non-hydrogen) atoms. The molecule has 0 saturated heterocycles. The van der Waals surface area contributed by atoms with Gasteiger partial charge in [-0.3, -0.25) is 0 Å². The highest BCUT2D eigenvalue weighted by atomic mass is 32.1. The fraction of sp³-hybridized carbons (Fsp3) is 0.235. The zero-order chi connectivity index (χ0) is 16.1. The van der Waals surface area contributed by atoms with Crippen LogP contribution < -0.4 is 20.1 Å². The van der Waals surface area contributed by atoms with Gasteiger partial charge in [0.1, 0.15) is 11.5 Å². The Balaban J connectivity index is 2.11. The number of ether oxygens (including phenoxy) is 2. The van der Waals surface area contributed by atoms with Crippen LogP contribution >= 0.6 is 12.2 Å². The number of thiocarbonyl (C=S) groups is 1. The normalized spacial score (nSPS) is 10.0. The number of anilines is 2.